The van der Waals surface area contributed by atoms with E-state index in [9.17, 15) is 19.5 Å². The smallest absolute Gasteiger partial charge is 0.460 e. The highest BCUT2D eigenvalue weighted by molar-refractivity contribution is 7.52. The fourth-order valence-corrected chi connectivity index (χ4v) is 4.35. The number of benzene rings is 3. The third-order valence-electron chi connectivity index (χ3n) is 4.43. The highest BCUT2D eigenvalue weighted by atomic mass is 31.2. The maximum Gasteiger partial charge on any atom is 0.513 e. The van der Waals surface area contributed by atoms with Crippen LogP contribution in [0.15, 0.2) is 78.9 Å². The largest absolute Gasteiger partial charge is 0.513 e. The number of nitrogens with zero attached hydrogens (tertiary/aromatic N) is 1. The number of hydrogen-bond acceptors (Lipinski definition) is 7. The van der Waals surface area contributed by atoms with E-state index in [1.807, 2.05) is 18.2 Å². The summed E-state index contributed by atoms with van der Waals surface area (Å²) in [6.45, 7) is 3.14. The number of aryl methyl sites for hydroxylation is 1. The fourth-order valence-electron chi connectivity index (χ4n) is 2.81. The van der Waals surface area contributed by atoms with Crippen LogP contribution in [-0.4, -0.2) is 16.9 Å². The molecule has 10 heteroatoms. The molecule has 0 unspecified atom stereocenters. The molecule has 0 aliphatic carbocycles. The monoisotopic (exact) mass is 470 g/mol. The van der Waals surface area contributed by atoms with Crippen molar-refractivity contribution in [2.75, 3.05) is 0 Å². The van der Waals surface area contributed by atoms with Crippen molar-refractivity contribution in [3.05, 3.63) is 100 Å². The first-order chi connectivity index (χ1) is 15.8. The van der Waals surface area contributed by atoms with Gasteiger partial charge >= 0.3 is 19.4 Å². The quantitative estimate of drug-likeness (QED) is 0.186. The Balaban J connectivity index is 1.81. The molecule has 1 N–H and O–H groups in total. The van der Waals surface area contributed by atoms with Crippen LogP contribution in [0.4, 0.5) is 5.69 Å². The molecule has 0 saturated heterocycles. The third-order valence-corrected chi connectivity index (χ3v) is 6.02. The predicted octanol–water partition coefficient (Wildman–Crippen LogP) is 5.19. The Bertz CT molecular complexity index is 1160. The Morgan fingerprint density at radius 2 is 1.67 bits per heavy atom. The van der Waals surface area contributed by atoms with Crippen LogP contribution in [0.25, 0.3) is 0 Å². The van der Waals surface area contributed by atoms with Gasteiger partial charge in [0, 0.05) is 6.07 Å². The summed E-state index contributed by atoms with van der Waals surface area (Å²) in [7, 11) is -4.31. The van der Waals surface area contributed by atoms with Gasteiger partial charge in [0.2, 0.25) is 5.75 Å². The summed E-state index contributed by atoms with van der Waals surface area (Å²) >= 11 is 0. The van der Waals surface area contributed by atoms with Gasteiger partial charge in [-0.15, -0.1) is 0 Å². The van der Waals surface area contributed by atoms with Gasteiger partial charge in [-0.3, -0.25) is 14.9 Å². The van der Waals surface area contributed by atoms with Crippen LogP contribution < -0.4 is 14.1 Å². The Kier molecular flexibility index (Phi) is 7.82. The van der Waals surface area contributed by atoms with Gasteiger partial charge in [-0.25, -0.2) is 4.57 Å². The van der Waals surface area contributed by atoms with Crippen molar-refractivity contribution in [2.45, 2.75) is 26.5 Å². The van der Waals surface area contributed by atoms with Crippen LogP contribution in [-0.2, 0) is 20.7 Å². The highest BCUT2D eigenvalue weighted by Crippen LogP contribution is 2.47. The first-order valence-electron chi connectivity index (χ1n) is 10.0. The number of carbonyl (C=O) groups is 1. The lowest BCUT2D eigenvalue weighted by molar-refractivity contribution is -0.385. The molecule has 0 saturated carbocycles. The summed E-state index contributed by atoms with van der Waals surface area (Å²) in [4.78, 5) is 23.3. The van der Waals surface area contributed by atoms with Gasteiger partial charge < -0.3 is 13.8 Å². The van der Waals surface area contributed by atoms with Crippen molar-refractivity contribution in [1.82, 2.24) is 5.09 Å². The number of nitro groups is 1. The van der Waals surface area contributed by atoms with E-state index < -0.39 is 24.7 Å². The second-order valence-corrected chi connectivity index (χ2v) is 8.78. The minimum Gasteiger partial charge on any atom is -0.460 e. The highest BCUT2D eigenvalue weighted by Gasteiger charge is 2.36. The first kappa shape index (κ1) is 24.0. The second kappa shape index (κ2) is 10.8. The minimum atomic E-state index is -4.31. The first-order valence-corrected chi connectivity index (χ1v) is 11.6. The summed E-state index contributed by atoms with van der Waals surface area (Å²) in [6, 6.07) is 20.3. The summed E-state index contributed by atoms with van der Waals surface area (Å²) in [5, 5.41) is 14.0. The number of carbonyl (C=O) groups excluding carboxylic acids is 1. The molecule has 0 spiro atoms. The lowest BCUT2D eigenvalue weighted by Crippen LogP contribution is -2.35. The Morgan fingerprint density at radius 3 is 2.30 bits per heavy atom. The summed E-state index contributed by atoms with van der Waals surface area (Å²) < 4.78 is 29.9. The number of ether oxygens (including phenoxy) is 1. The van der Waals surface area contributed by atoms with E-state index in [1.165, 1.54) is 19.1 Å². The Hall–Kier alpha value is -3.68. The van der Waals surface area contributed by atoms with E-state index in [1.54, 1.807) is 55.5 Å². The van der Waals surface area contributed by atoms with Crippen LogP contribution in [0.5, 0.6) is 11.5 Å². The predicted molar refractivity (Wildman–Crippen MR) is 122 cm³/mol. The number of esters is 1. The van der Waals surface area contributed by atoms with Crippen LogP contribution >= 0.6 is 7.75 Å². The van der Waals surface area contributed by atoms with Crippen molar-refractivity contribution in [3.63, 3.8) is 0 Å². The maximum atomic E-state index is 13.6. The van der Waals surface area contributed by atoms with Crippen LogP contribution in [0.3, 0.4) is 0 Å². The molecule has 0 fully saturated rings. The standard InChI is InChI=1S/C23H23N2O7P/c1-17-13-14-22(21(15-17)25(27)28)32-33(29,31-20-11-7-4-8-12-20)24-18(2)23(26)30-16-19-9-5-3-6-10-19/h3-15,18H,16H2,1-2H3,(H,24,29)/t18-,33+/m0/s1. The van der Waals surface area contributed by atoms with Crippen LogP contribution in [0, 0.1) is 17.0 Å². The normalized spacial score (nSPS) is 13.4. The molecule has 2 atom stereocenters. The number of nitrogens with one attached hydrogen (secondary N) is 1. The van der Waals surface area contributed by atoms with E-state index in [2.05, 4.69) is 5.09 Å². The average molecular weight is 470 g/mol. The molecule has 0 heterocycles. The zero-order valence-corrected chi connectivity index (χ0v) is 18.9. The van der Waals surface area contributed by atoms with Gasteiger partial charge in [0.05, 0.1) is 4.92 Å². The molecule has 0 amide bonds. The van der Waals surface area contributed by atoms with E-state index in [4.69, 9.17) is 13.8 Å². The molecule has 0 aliphatic rings. The fraction of sp³-hybridized carbons (Fsp3) is 0.174. The molecule has 0 radical (unpaired) electrons. The summed E-state index contributed by atoms with van der Waals surface area (Å²) in [5.41, 5.74) is 1.03. The lowest BCUT2D eigenvalue weighted by Gasteiger charge is -2.23. The summed E-state index contributed by atoms with van der Waals surface area (Å²) in [5.74, 6) is -0.770. The minimum absolute atomic E-state index is 0.0276. The van der Waals surface area contributed by atoms with E-state index in [0.29, 0.717) is 5.56 Å². The Labute approximate surface area is 191 Å². The second-order valence-electron chi connectivity index (χ2n) is 7.17. The number of hydrogen-bond donors (Lipinski definition) is 1. The lowest BCUT2D eigenvalue weighted by atomic mass is 10.2. The zero-order chi connectivity index (χ0) is 23.8. The van der Waals surface area contributed by atoms with Gasteiger partial charge in [-0.05, 0) is 43.2 Å². The van der Waals surface area contributed by atoms with Gasteiger partial charge in [0.1, 0.15) is 18.4 Å². The van der Waals surface area contributed by atoms with E-state index in [-0.39, 0.29) is 23.8 Å². The molecule has 0 aliphatic heterocycles. The third kappa shape index (κ3) is 6.90. The van der Waals surface area contributed by atoms with Crippen molar-refractivity contribution in [1.29, 1.82) is 0 Å². The molecular formula is C23H23N2O7P. The average Bonchev–Trinajstić information content (AvgIpc) is 2.79. The molecule has 33 heavy (non-hydrogen) atoms. The van der Waals surface area contributed by atoms with Gasteiger partial charge in [0.15, 0.2) is 0 Å². The number of para-hydroxylation sites is 1. The SMILES string of the molecule is Cc1ccc(O[P@@](=O)(N[C@@H](C)C(=O)OCc2ccccc2)Oc2ccccc2)c([N+](=O)[O-])c1. The molecule has 9 nitrogen and oxygen atoms in total. The van der Waals surface area contributed by atoms with Crippen molar-refractivity contribution < 1.29 is 28.1 Å². The molecule has 3 aromatic rings. The molecule has 172 valence electrons. The number of rotatable bonds is 10. The van der Waals surface area contributed by atoms with Crippen LogP contribution in [0.2, 0.25) is 0 Å². The molecule has 3 rings (SSSR count). The Morgan fingerprint density at radius 1 is 1.03 bits per heavy atom. The van der Waals surface area contributed by atoms with E-state index >= 15 is 0 Å². The van der Waals surface area contributed by atoms with Gasteiger partial charge in [-0.2, -0.15) is 5.09 Å². The van der Waals surface area contributed by atoms with Gasteiger partial charge in [0.25, 0.3) is 0 Å². The topological polar surface area (TPSA) is 117 Å². The van der Waals surface area contributed by atoms with Crippen molar-refractivity contribution in [2.24, 2.45) is 0 Å². The maximum absolute atomic E-state index is 13.6. The molecule has 0 bridgehead atoms. The van der Waals surface area contributed by atoms with E-state index in [0.717, 1.165) is 5.56 Å². The van der Waals surface area contributed by atoms with Crippen LogP contribution in [0.1, 0.15) is 18.1 Å². The molecule has 3 aromatic carbocycles. The van der Waals surface area contributed by atoms with Crippen molar-refractivity contribution in [3.8, 4) is 11.5 Å². The summed E-state index contributed by atoms with van der Waals surface area (Å²) in [6.07, 6.45) is 0. The van der Waals surface area contributed by atoms with Gasteiger partial charge in [-0.1, -0.05) is 54.6 Å². The zero-order valence-electron chi connectivity index (χ0n) is 18.0. The van der Waals surface area contributed by atoms with Crippen molar-refractivity contribution >= 4 is 19.4 Å². The molecular weight excluding hydrogens is 447 g/mol. The molecule has 0 aromatic heterocycles. The number of nitro benzene ring substituents is 1.